The van der Waals surface area contributed by atoms with Crippen LogP contribution < -0.4 is 0 Å². The monoisotopic (exact) mass is 168 g/mol. The van der Waals surface area contributed by atoms with Crippen LogP contribution >= 0.6 is 11.6 Å². The number of hydrogen-bond donors (Lipinski definition) is 0. The van der Waals surface area contributed by atoms with Crippen LogP contribution in [0.3, 0.4) is 0 Å². The third-order valence-corrected chi connectivity index (χ3v) is 2.85. The molecule has 0 saturated heterocycles. The van der Waals surface area contributed by atoms with Crippen molar-refractivity contribution < 1.29 is 8.78 Å². The highest BCUT2D eigenvalue weighted by Gasteiger charge is 2.38. The van der Waals surface area contributed by atoms with E-state index in [1.807, 2.05) is 0 Å². The Morgan fingerprint density at radius 2 is 2.00 bits per heavy atom. The zero-order valence-electron chi connectivity index (χ0n) is 5.75. The van der Waals surface area contributed by atoms with Gasteiger partial charge in [-0.1, -0.05) is 6.42 Å². The summed E-state index contributed by atoms with van der Waals surface area (Å²) in [6.07, 6.45) is 0.663. The topological polar surface area (TPSA) is 0 Å². The Morgan fingerprint density at radius 3 is 2.10 bits per heavy atom. The minimum absolute atomic E-state index is 0.00347. The maximum absolute atomic E-state index is 11.9. The van der Waals surface area contributed by atoms with E-state index < -0.39 is 6.43 Å². The van der Waals surface area contributed by atoms with Crippen molar-refractivity contribution in [1.29, 1.82) is 0 Å². The van der Waals surface area contributed by atoms with Gasteiger partial charge in [0.1, 0.15) is 0 Å². The van der Waals surface area contributed by atoms with Crippen LogP contribution in [0.1, 0.15) is 25.7 Å². The van der Waals surface area contributed by atoms with Gasteiger partial charge in [0.15, 0.2) is 0 Å². The quantitative estimate of drug-likeness (QED) is 0.569. The molecule has 0 radical (unpaired) electrons. The fraction of sp³-hybridized carbons (Fsp3) is 1.00. The van der Waals surface area contributed by atoms with Gasteiger partial charge in [-0.3, -0.25) is 0 Å². The summed E-state index contributed by atoms with van der Waals surface area (Å²) in [6.45, 7) is 0. The van der Waals surface area contributed by atoms with Crippen molar-refractivity contribution >= 4 is 11.6 Å². The molecule has 0 nitrogen and oxygen atoms in total. The number of rotatable bonds is 3. The van der Waals surface area contributed by atoms with Crippen molar-refractivity contribution in [2.24, 2.45) is 5.41 Å². The first-order valence-electron chi connectivity index (χ1n) is 3.53. The Hall–Kier alpha value is 0.150. The van der Waals surface area contributed by atoms with E-state index in [9.17, 15) is 8.78 Å². The summed E-state index contributed by atoms with van der Waals surface area (Å²) in [4.78, 5) is 0. The van der Waals surface area contributed by atoms with Gasteiger partial charge in [-0.25, -0.2) is 8.78 Å². The predicted octanol–water partition coefficient (Wildman–Crippen LogP) is 3.05. The molecule has 60 valence electrons. The highest BCUT2D eigenvalue weighted by Crippen LogP contribution is 2.46. The van der Waals surface area contributed by atoms with E-state index in [1.54, 1.807) is 0 Å². The summed E-state index contributed by atoms with van der Waals surface area (Å²) in [7, 11) is 0. The summed E-state index contributed by atoms with van der Waals surface area (Å²) in [5.41, 5.74) is -0.199. The van der Waals surface area contributed by atoms with Gasteiger partial charge in [0.2, 0.25) is 6.43 Å². The minimum atomic E-state index is -2.18. The molecule has 1 rings (SSSR count). The normalized spacial score (nSPS) is 22.8. The van der Waals surface area contributed by atoms with Crippen molar-refractivity contribution in [1.82, 2.24) is 0 Å². The molecule has 0 heterocycles. The lowest BCUT2D eigenvalue weighted by atomic mass is 9.68. The van der Waals surface area contributed by atoms with Gasteiger partial charge in [0.05, 0.1) is 0 Å². The third-order valence-electron chi connectivity index (χ3n) is 2.29. The average molecular weight is 169 g/mol. The Morgan fingerprint density at radius 1 is 1.40 bits per heavy atom. The maximum Gasteiger partial charge on any atom is 0.239 e. The van der Waals surface area contributed by atoms with Crippen LogP contribution in [0.25, 0.3) is 0 Å². The summed E-state index contributed by atoms with van der Waals surface area (Å²) in [5, 5.41) is 0. The summed E-state index contributed by atoms with van der Waals surface area (Å²) in [5.74, 6) is 0.400. The van der Waals surface area contributed by atoms with Gasteiger partial charge < -0.3 is 0 Å². The zero-order chi connectivity index (χ0) is 7.61. The second kappa shape index (κ2) is 3.04. The molecule has 0 spiro atoms. The standard InChI is InChI=1S/C7H11ClF2/c8-5-7(2-1-3-7)4-6(9)10/h6H,1-5H2. The number of hydrogen-bond acceptors (Lipinski definition) is 0. The van der Waals surface area contributed by atoms with Crippen LogP contribution in [0.2, 0.25) is 0 Å². The molecule has 1 fully saturated rings. The van der Waals surface area contributed by atoms with Gasteiger partial charge in [-0.15, -0.1) is 11.6 Å². The lowest BCUT2D eigenvalue weighted by molar-refractivity contribution is 0.0383. The van der Waals surface area contributed by atoms with Crippen molar-refractivity contribution in [2.75, 3.05) is 5.88 Å². The van der Waals surface area contributed by atoms with E-state index in [0.29, 0.717) is 5.88 Å². The highest BCUT2D eigenvalue weighted by molar-refractivity contribution is 6.18. The highest BCUT2D eigenvalue weighted by atomic mass is 35.5. The van der Waals surface area contributed by atoms with Gasteiger partial charge in [0.25, 0.3) is 0 Å². The summed E-state index contributed by atoms with van der Waals surface area (Å²) >= 11 is 5.57. The van der Waals surface area contributed by atoms with Gasteiger partial charge in [0, 0.05) is 12.3 Å². The fourth-order valence-corrected chi connectivity index (χ4v) is 1.77. The fourth-order valence-electron chi connectivity index (χ4n) is 1.40. The maximum atomic E-state index is 11.9. The predicted molar refractivity (Wildman–Crippen MR) is 37.6 cm³/mol. The molecule has 0 N–H and O–H groups in total. The molecule has 0 atom stereocenters. The van der Waals surface area contributed by atoms with Crippen LogP contribution in [0.4, 0.5) is 8.78 Å². The Kier molecular flexibility index (Phi) is 2.50. The summed E-state index contributed by atoms with van der Waals surface area (Å²) < 4.78 is 23.8. The average Bonchev–Trinajstić information content (AvgIpc) is 1.78. The van der Waals surface area contributed by atoms with Crippen molar-refractivity contribution in [3.05, 3.63) is 0 Å². The van der Waals surface area contributed by atoms with Crippen molar-refractivity contribution in [3.8, 4) is 0 Å². The molecule has 1 saturated carbocycles. The molecular formula is C7H11ClF2. The Labute approximate surface area is 64.6 Å². The van der Waals surface area contributed by atoms with Crippen LogP contribution in [-0.2, 0) is 0 Å². The lowest BCUT2D eigenvalue weighted by Gasteiger charge is -2.40. The molecule has 0 unspecified atom stereocenters. The van der Waals surface area contributed by atoms with E-state index in [1.165, 1.54) is 0 Å². The van der Waals surface area contributed by atoms with E-state index in [4.69, 9.17) is 11.6 Å². The molecule has 0 bridgehead atoms. The summed E-state index contributed by atoms with van der Waals surface area (Å²) in [6, 6.07) is 0. The first-order chi connectivity index (χ1) is 4.68. The number of halogens is 3. The minimum Gasteiger partial charge on any atom is -0.211 e. The van der Waals surface area contributed by atoms with Crippen LogP contribution in [0.5, 0.6) is 0 Å². The second-order valence-corrected chi connectivity index (χ2v) is 3.35. The molecule has 0 amide bonds. The largest absolute Gasteiger partial charge is 0.239 e. The zero-order valence-corrected chi connectivity index (χ0v) is 6.50. The molecule has 0 aromatic rings. The third kappa shape index (κ3) is 1.60. The number of alkyl halides is 3. The van der Waals surface area contributed by atoms with Crippen molar-refractivity contribution in [3.63, 3.8) is 0 Å². The molecule has 1 aliphatic rings. The Balaban J connectivity index is 2.33. The van der Waals surface area contributed by atoms with Crippen LogP contribution in [0.15, 0.2) is 0 Å². The van der Waals surface area contributed by atoms with E-state index in [2.05, 4.69) is 0 Å². The first kappa shape index (κ1) is 8.25. The van der Waals surface area contributed by atoms with Crippen molar-refractivity contribution in [2.45, 2.75) is 32.1 Å². The van der Waals surface area contributed by atoms with Gasteiger partial charge in [-0.2, -0.15) is 0 Å². The van der Waals surface area contributed by atoms with E-state index in [0.717, 1.165) is 19.3 Å². The first-order valence-corrected chi connectivity index (χ1v) is 4.06. The van der Waals surface area contributed by atoms with Crippen LogP contribution in [-0.4, -0.2) is 12.3 Å². The van der Waals surface area contributed by atoms with E-state index >= 15 is 0 Å². The molecule has 0 aliphatic heterocycles. The van der Waals surface area contributed by atoms with Gasteiger partial charge in [-0.05, 0) is 18.3 Å². The van der Waals surface area contributed by atoms with Gasteiger partial charge >= 0.3 is 0 Å². The second-order valence-electron chi connectivity index (χ2n) is 3.08. The Bertz CT molecular complexity index is 105. The molecule has 10 heavy (non-hydrogen) atoms. The van der Waals surface area contributed by atoms with E-state index in [-0.39, 0.29) is 11.8 Å². The lowest BCUT2D eigenvalue weighted by Crippen LogP contribution is -2.33. The molecule has 0 aromatic heterocycles. The smallest absolute Gasteiger partial charge is 0.211 e. The molecular weight excluding hydrogens is 158 g/mol. The molecule has 1 aliphatic carbocycles. The SMILES string of the molecule is FC(F)CC1(CCl)CCC1. The molecule has 3 heteroatoms. The molecule has 0 aromatic carbocycles. The van der Waals surface area contributed by atoms with Crippen LogP contribution in [0, 0.1) is 5.41 Å².